The lowest BCUT2D eigenvalue weighted by Gasteiger charge is -2.21. The maximum Gasteiger partial charge on any atom is 0.326 e. The van der Waals surface area contributed by atoms with Crippen LogP contribution in [0.4, 0.5) is 5.69 Å². The Balaban J connectivity index is 1.20. The number of para-hydroxylation sites is 1. The summed E-state index contributed by atoms with van der Waals surface area (Å²) in [5.74, 6) is 4.75. The number of benzene rings is 5. The number of rotatable bonds is 13. The van der Waals surface area contributed by atoms with Gasteiger partial charge in [0.1, 0.15) is 18.4 Å². The van der Waals surface area contributed by atoms with Gasteiger partial charge in [-0.3, -0.25) is 9.59 Å². The molecule has 234 valence electrons. The molecule has 0 aliphatic rings. The minimum atomic E-state index is -1.04. The van der Waals surface area contributed by atoms with Crippen molar-refractivity contribution in [3.63, 3.8) is 0 Å². The molecular weight excluding hydrogens is 588 g/mol. The SMILES string of the molecule is O=C(c1ccccc1)c1ccccc1N[C@@H](Cc1ccc(OCCN(Cc2ccccc2)C(=O)C#Cc2ccccc2)cc1)C(=O)O. The van der Waals surface area contributed by atoms with Gasteiger partial charge < -0.3 is 20.1 Å². The smallest absolute Gasteiger partial charge is 0.326 e. The number of anilines is 1. The quantitative estimate of drug-likeness (QED) is 0.115. The molecule has 0 unspecified atom stereocenters. The Hall–Kier alpha value is -6.13. The van der Waals surface area contributed by atoms with Crippen LogP contribution < -0.4 is 10.1 Å². The summed E-state index contributed by atoms with van der Waals surface area (Å²) in [6, 6.07) is 41.1. The largest absolute Gasteiger partial charge is 0.492 e. The Morgan fingerprint density at radius 1 is 0.723 bits per heavy atom. The minimum Gasteiger partial charge on any atom is -0.492 e. The van der Waals surface area contributed by atoms with Gasteiger partial charge in [0.15, 0.2) is 5.78 Å². The van der Waals surface area contributed by atoms with Crippen molar-refractivity contribution >= 4 is 23.3 Å². The van der Waals surface area contributed by atoms with Crippen molar-refractivity contribution in [1.29, 1.82) is 0 Å². The fraction of sp³-hybridized carbons (Fsp3) is 0.125. The number of nitrogens with one attached hydrogen (secondary N) is 1. The van der Waals surface area contributed by atoms with Crippen molar-refractivity contribution in [2.24, 2.45) is 0 Å². The van der Waals surface area contributed by atoms with Gasteiger partial charge >= 0.3 is 5.97 Å². The lowest BCUT2D eigenvalue weighted by molar-refractivity contribution is -0.137. The Morgan fingerprint density at radius 2 is 1.34 bits per heavy atom. The van der Waals surface area contributed by atoms with Crippen molar-refractivity contribution < 1.29 is 24.2 Å². The van der Waals surface area contributed by atoms with Crippen LogP contribution in [0.3, 0.4) is 0 Å². The molecule has 47 heavy (non-hydrogen) atoms. The molecule has 2 N–H and O–H groups in total. The second kappa shape index (κ2) is 16.3. The first-order valence-corrected chi connectivity index (χ1v) is 15.3. The van der Waals surface area contributed by atoms with Crippen LogP contribution in [0.2, 0.25) is 0 Å². The highest BCUT2D eigenvalue weighted by Crippen LogP contribution is 2.22. The summed E-state index contributed by atoms with van der Waals surface area (Å²) in [6.07, 6.45) is 0.183. The molecule has 0 saturated heterocycles. The summed E-state index contributed by atoms with van der Waals surface area (Å²) in [6.45, 7) is 0.969. The number of ether oxygens (including phenoxy) is 1. The molecule has 0 radical (unpaired) electrons. The van der Waals surface area contributed by atoms with E-state index < -0.39 is 12.0 Å². The number of carboxylic acids is 1. The number of aliphatic carboxylic acids is 1. The second-order valence-corrected chi connectivity index (χ2v) is 10.8. The zero-order valence-electron chi connectivity index (χ0n) is 25.7. The van der Waals surface area contributed by atoms with Crippen molar-refractivity contribution in [2.45, 2.75) is 19.0 Å². The maximum absolute atomic E-state index is 13.1. The Kier molecular flexibility index (Phi) is 11.2. The summed E-state index contributed by atoms with van der Waals surface area (Å²) < 4.78 is 5.96. The van der Waals surface area contributed by atoms with E-state index in [-0.39, 0.29) is 24.7 Å². The van der Waals surface area contributed by atoms with E-state index >= 15 is 0 Å². The van der Waals surface area contributed by atoms with Crippen molar-refractivity contribution in [3.8, 4) is 17.6 Å². The number of ketones is 1. The minimum absolute atomic E-state index is 0.183. The van der Waals surface area contributed by atoms with E-state index in [1.165, 1.54) is 0 Å². The van der Waals surface area contributed by atoms with E-state index in [1.54, 1.807) is 65.6 Å². The summed E-state index contributed by atoms with van der Waals surface area (Å²) in [5, 5.41) is 13.1. The van der Waals surface area contributed by atoms with Gasteiger partial charge in [-0.15, -0.1) is 0 Å². The number of carboxylic acid groups (broad SMARTS) is 1. The van der Waals surface area contributed by atoms with Crippen LogP contribution in [-0.2, 0) is 22.6 Å². The summed E-state index contributed by atoms with van der Waals surface area (Å²) in [4.78, 5) is 40.1. The fourth-order valence-electron chi connectivity index (χ4n) is 4.95. The van der Waals surface area contributed by atoms with Crippen LogP contribution >= 0.6 is 0 Å². The molecule has 0 aromatic heterocycles. The monoisotopic (exact) mass is 622 g/mol. The summed E-state index contributed by atoms with van der Waals surface area (Å²) in [5.41, 5.74) is 3.91. The number of nitrogens with zero attached hydrogens (tertiary/aromatic N) is 1. The molecule has 5 aromatic rings. The lowest BCUT2D eigenvalue weighted by Crippen LogP contribution is -2.33. The van der Waals surface area contributed by atoms with E-state index in [4.69, 9.17) is 4.74 Å². The standard InChI is InChI=1S/C40H34N2O5/c43-38(25-22-30-12-4-1-5-13-30)42(29-32-14-6-2-7-15-32)26-27-47-34-23-20-31(21-24-34)28-37(40(45)46)41-36-19-11-10-18-35(36)39(44)33-16-8-3-9-17-33/h1-21,23-24,37,41H,26-29H2,(H,45,46)/t37-/m0/s1. The molecule has 5 aromatic carbocycles. The highest BCUT2D eigenvalue weighted by atomic mass is 16.5. The first-order chi connectivity index (χ1) is 23.0. The molecule has 0 aliphatic carbocycles. The molecule has 0 saturated carbocycles. The third-order valence-electron chi connectivity index (χ3n) is 7.42. The number of carbonyl (C=O) groups is 3. The number of hydrogen-bond donors (Lipinski definition) is 2. The molecule has 7 heteroatoms. The fourth-order valence-corrected chi connectivity index (χ4v) is 4.95. The molecule has 1 atom stereocenters. The van der Waals surface area contributed by atoms with Crippen LogP contribution in [0.1, 0.15) is 32.6 Å². The van der Waals surface area contributed by atoms with E-state index in [0.29, 0.717) is 35.7 Å². The van der Waals surface area contributed by atoms with E-state index in [9.17, 15) is 19.5 Å². The number of hydrogen-bond acceptors (Lipinski definition) is 5. The first kappa shape index (κ1) is 32.3. The third-order valence-corrected chi connectivity index (χ3v) is 7.42. The summed E-state index contributed by atoms with van der Waals surface area (Å²) in [7, 11) is 0. The first-order valence-electron chi connectivity index (χ1n) is 15.3. The molecule has 0 fully saturated rings. The predicted octanol–water partition coefficient (Wildman–Crippen LogP) is 6.48. The molecule has 0 spiro atoms. The van der Waals surface area contributed by atoms with Gasteiger partial charge in [0.05, 0.1) is 6.54 Å². The van der Waals surface area contributed by atoms with Gasteiger partial charge in [0, 0.05) is 41.3 Å². The van der Waals surface area contributed by atoms with Crippen LogP contribution in [0, 0.1) is 11.8 Å². The highest BCUT2D eigenvalue weighted by Gasteiger charge is 2.21. The molecule has 1 amide bonds. The molecule has 0 bridgehead atoms. The van der Waals surface area contributed by atoms with Gasteiger partial charge in [0.25, 0.3) is 5.91 Å². The van der Waals surface area contributed by atoms with Crippen LogP contribution in [-0.4, -0.2) is 46.9 Å². The Labute approximate surface area is 274 Å². The Morgan fingerprint density at radius 3 is 2.02 bits per heavy atom. The topological polar surface area (TPSA) is 95.9 Å². The van der Waals surface area contributed by atoms with Crippen LogP contribution in [0.15, 0.2) is 140 Å². The van der Waals surface area contributed by atoms with Crippen molar-refractivity contribution in [1.82, 2.24) is 4.90 Å². The predicted molar refractivity (Wildman–Crippen MR) is 182 cm³/mol. The molecule has 0 aliphatic heterocycles. The summed E-state index contributed by atoms with van der Waals surface area (Å²) >= 11 is 0. The molecule has 5 rings (SSSR count). The maximum atomic E-state index is 13.1. The third kappa shape index (κ3) is 9.43. The van der Waals surface area contributed by atoms with Crippen molar-refractivity contribution in [2.75, 3.05) is 18.5 Å². The number of carbonyl (C=O) groups excluding carboxylic acids is 2. The van der Waals surface area contributed by atoms with E-state index in [2.05, 4.69) is 17.2 Å². The van der Waals surface area contributed by atoms with Gasteiger partial charge in [-0.1, -0.05) is 109 Å². The van der Waals surface area contributed by atoms with Crippen LogP contribution in [0.25, 0.3) is 0 Å². The molecule has 0 heterocycles. The lowest BCUT2D eigenvalue weighted by atomic mass is 10.00. The second-order valence-electron chi connectivity index (χ2n) is 10.8. The Bertz CT molecular complexity index is 1850. The zero-order chi connectivity index (χ0) is 32.8. The molecule has 7 nitrogen and oxygen atoms in total. The normalized spacial score (nSPS) is 11.0. The average Bonchev–Trinajstić information content (AvgIpc) is 3.11. The molecular formula is C40H34N2O5. The highest BCUT2D eigenvalue weighted by molar-refractivity contribution is 6.12. The van der Waals surface area contributed by atoms with Gasteiger partial charge in [-0.25, -0.2) is 4.79 Å². The number of amides is 1. The van der Waals surface area contributed by atoms with E-state index in [0.717, 1.165) is 16.7 Å². The van der Waals surface area contributed by atoms with Crippen LogP contribution in [0.5, 0.6) is 5.75 Å². The van der Waals surface area contributed by atoms with Crippen molar-refractivity contribution in [3.05, 3.63) is 167 Å². The zero-order valence-corrected chi connectivity index (χ0v) is 25.7. The van der Waals surface area contributed by atoms with Gasteiger partial charge in [0.2, 0.25) is 0 Å². The van der Waals surface area contributed by atoms with Gasteiger partial charge in [-0.05, 0) is 47.5 Å². The van der Waals surface area contributed by atoms with E-state index in [1.807, 2.05) is 78.9 Å². The van der Waals surface area contributed by atoms with Gasteiger partial charge in [-0.2, -0.15) is 0 Å². The average molecular weight is 623 g/mol.